The lowest BCUT2D eigenvalue weighted by Gasteiger charge is -2.06. The largest absolute Gasteiger partial charge is 0.498 e. The fourth-order valence-corrected chi connectivity index (χ4v) is 0.933. The van der Waals surface area contributed by atoms with Gasteiger partial charge in [-0.05, 0) is 25.0 Å². The molecule has 0 aliphatic rings. The van der Waals surface area contributed by atoms with Crippen LogP contribution in [0.5, 0.6) is 0 Å². The molecule has 0 aliphatic carbocycles. The van der Waals surface area contributed by atoms with E-state index >= 15 is 0 Å². The van der Waals surface area contributed by atoms with E-state index in [-0.39, 0.29) is 0 Å². The van der Waals surface area contributed by atoms with E-state index in [4.69, 9.17) is 10.5 Å². The van der Waals surface area contributed by atoms with Gasteiger partial charge in [0.15, 0.2) is 0 Å². The van der Waals surface area contributed by atoms with E-state index < -0.39 is 0 Å². The highest BCUT2D eigenvalue weighted by Crippen LogP contribution is 2.05. The highest BCUT2D eigenvalue weighted by atomic mass is 16.5. The van der Waals surface area contributed by atoms with Crippen LogP contribution in [0.25, 0.3) is 0 Å². The molecule has 14 heavy (non-hydrogen) atoms. The van der Waals surface area contributed by atoms with Crippen molar-refractivity contribution in [2.45, 2.75) is 46.5 Å². The van der Waals surface area contributed by atoms with Gasteiger partial charge in [-0.1, -0.05) is 27.2 Å². The first-order valence-electron chi connectivity index (χ1n) is 5.52. The van der Waals surface area contributed by atoms with Crippen LogP contribution in [0, 0.1) is 0 Å². The molecule has 0 radical (unpaired) electrons. The molecule has 0 unspecified atom stereocenters. The van der Waals surface area contributed by atoms with Crippen LogP contribution in [0.1, 0.15) is 46.5 Å². The standard InChI is InChI=1S/C12H23NO/c1-4-7-10-14-12(6-3)9-8-11(13)5-2/h8-9H,4-7,10,13H2,1-3H3/b11-8+,12-9+. The van der Waals surface area contributed by atoms with E-state index in [1.165, 1.54) is 6.42 Å². The van der Waals surface area contributed by atoms with Crippen molar-refractivity contribution in [3.8, 4) is 0 Å². The van der Waals surface area contributed by atoms with Crippen molar-refractivity contribution < 1.29 is 4.74 Å². The van der Waals surface area contributed by atoms with Gasteiger partial charge in [0.25, 0.3) is 0 Å². The lowest BCUT2D eigenvalue weighted by molar-refractivity contribution is 0.200. The molecule has 2 heteroatoms. The summed E-state index contributed by atoms with van der Waals surface area (Å²) in [6, 6.07) is 0. The second-order valence-corrected chi connectivity index (χ2v) is 3.28. The van der Waals surface area contributed by atoms with Gasteiger partial charge in [-0.25, -0.2) is 0 Å². The van der Waals surface area contributed by atoms with Gasteiger partial charge >= 0.3 is 0 Å². The molecule has 0 aromatic heterocycles. The average Bonchev–Trinajstić information content (AvgIpc) is 2.22. The Morgan fingerprint density at radius 2 is 1.86 bits per heavy atom. The third-order valence-corrected chi connectivity index (χ3v) is 2.03. The molecule has 0 saturated heterocycles. The Kier molecular flexibility index (Phi) is 8.10. The fraction of sp³-hybridized carbons (Fsp3) is 0.667. The van der Waals surface area contributed by atoms with Gasteiger partial charge in [0, 0.05) is 12.1 Å². The van der Waals surface area contributed by atoms with Crippen LogP contribution in [-0.4, -0.2) is 6.61 Å². The molecule has 2 N–H and O–H groups in total. The summed E-state index contributed by atoms with van der Waals surface area (Å²) >= 11 is 0. The summed E-state index contributed by atoms with van der Waals surface area (Å²) in [5, 5.41) is 0. The summed E-state index contributed by atoms with van der Waals surface area (Å²) in [5.74, 6) is 1.02. The summed E-state index contributed by atoms with van der Waals surface area (Å²) in [6.45, 7) is 7.11. The van der Waals surface area contributed by atoms with Gasteiger partial charge < -0.3 is 10.5 Å². The predicted molar refractivity (Wildman–Crippen MR) is 61.8 cm³/mol. The number of hydrogen-bond donors (Lipinski definition) is 1. The number of unbranched alkanes of at least 4 members (excludes halogenated alkanes) is 1. The van der Waals surface area contributed by atoms with Crippen LogP contribution in [-0.2, 0) is 4.74 Å². The van der Waals surface area contributed by atoms with Gasteiger partial charge in [-0.3, -0.25) is 0 Å². The Morgan fingerprint density at radius 1 is 1.14 bits per heavy atom. The molecule has 82 valence electrons. The van der Waals surface area contributed by atoms with Crippen LogP contribution in [0.4, 0.5) is 0 Å². The molecule has 0 aliphatic heterocycles. The monoisotopic (exact) mass is 197 g/mol. The van der Waals surface area contributed by atoms with Crippen molar-refractivity contribution in [1.29, 1.82) is 0 Å². The quantitative estimate of drug-likeness (QED) is 0.386. The number of hydrogen-bond acceptors (Lipinski definition) is 2. The Morgan fingerprint density at radius 3 is 2.36 bits per heavy atom. The normalized spacial score (nSPS) is 13.1. The molecular formula is C12H23NO. The maximum absolute atomic E-state index is 5.69. The van der Waals surface area contributed by atoms with E-state index in [0.717, 1.165) is 37.3 Å². The lowest BCUT2D eigenvalue weighted by Crippen LogP contribution is -1.96. The van der Waals surface area contributed by atoms with Gasteiger partial charge in [0.05, 0.1) is 12.4 Å². The van der Waals surface area contributed by atoms with Crippen LogP contribution >= 0.6 is 0 Å². The van der Waals surface area contributed by atoms with Crippen molar-refractivity contribution in [3.63, 3.8) is 0 Å². The zero-order valence-corrected chi connectivity index (χ0v) is 9.68. The first kappa shape index (κ1) is 13.1. The van der Waals surface area contributed by atoms with E-state index in [1.54, 1.807) is 0 Å². The molecule has 0 heterocycles. The van der Waals surface area contributed by atoms with Crippen molar-refractivity contribution in [2.24, 2.45) is 5.73 Å². The van der Waals surface area contributed by atoms with Crippen molar-refractivity contribution in [2.75, 3.05) is 6.61 Å². The molecule has 0 aromatic carbocycles. The minimum Gasteiger partial charge on any atom is -0.498 e. The average molecular weight is 197 g/mol. The van der Waals surface area contributed by atoms with Crippen molar-refractivity contribution >= 4 is 0 Å². The van der Waals surface area contributed by atoms with Crippen LogP contribution in [0.2, 0.25) is 0 Å². The Labute approximate surface area is 87.8 Å². The summed E-state index contributed by atoms with van der Waals surface area (Å²) in [7, 11) is 0. The van der Waals surface area contributed by atoms with Gasteiger partial charge in [-0.15, -0.1) is 0 Å². The highest BCUT2D eigenvalue weighted by Gasteiger charge is 1.93. The summed E-state index contributed by atoms with van der Waals surface area (Å²) in [4.78, 5) is 0. The number of ether oxygens (including phenoxy) is 1. The molecule has 0 amide bonds. The lowest BCUT2D eigenvalue weighted by atomic mass is 10.3. The molecule has 0 saturated carbocycles. The zero-order valence-electron chi connectivity index (χ0n) is 9.68. The first-order chi connectivity index (χ1) is 6.74. The Bertz CT molecular complexity index is 194. The molecule has 0 bridgehead atoms. The number of nitrogens with two attached hydrogens (primary N) is 1. The minimum atomic E-state index is 0.816. The smallest absolute Gasteiger partial charge is 0.0957 e. The molecule has 0 fully saturated rings. The zero-order chi connectivity index (χ0) is 10.8. The van der Waals surface area contributed by atoms with E-state index in [9.17, 15) is 0 Å². The van der Waals surface area contributed by atoms with E-state index in [2.05, 4.69) is 13.8 Å². The Balaban J connectivity index is 3.98. The second kappa shape index (κ2) is 8.67. The minimum absolute atomic E-state index is 0.816. The van der Waals surface area contributed by atoms with Gasteiger partial charge in [0.1, 0.15) is 0 Å². The summed E-state index contributed by atoms with van der Waals surface area (Å²) in [6.07, 6.45) is 8.02. The molecule has 0 spiro atoms. The molecule has 2 nitrogen and oxygen atoms in total. The topological polar surface area (TPSA) is 35.2 Å². The molecule has 0 aromatic rings. The first-order valence-corrected chi connectivity index (χ1v) is 5.52. The summed E-state index contributed by atoms with van der Waals surface area (Å²) in [5.41, 5.74) is 6.59. The predicted octanol–water partition coefficient (Wildman–Crippen LogP) is 3.35. The third-order valence-electron chi connectivity index (χ3n) is 2.03. The summed E-state index contributed by atoms with van der Waals surface area (Å²) < 4.78 is 5.59. The number of rotatable bonds is 7. The SMILES string of the molecule is CCCCO/C(=C/C=C(/N)CC)CC. The Hall–Kier alpha value is -0.920. The molecule has 0 atom stereocenters. The highest BCUT2D eigenvalue weighted by molar-refractivity contribution is 5.12. The van der Waals surface area contributed by atoms with E-state index in [1.807, 2.05) is 19.1 Å². The van der Waals surface area contributed by atoms with Gasteiger partial charge in [0.2, 0.25) is 0 Å². The number of allylic oxidation sites excluding steroid dienone is 4. The van der Waals surface area contributed by atoms with Crippen molar-refractivity contribution in [3.05, 3.63) is 23.6 Å². The third kappa shape index (κ3) is 6.58. The van der Waals surface area contributed by atoms with E-state index in [0.29, 0.717) is 0 Å². The van der Waals surface area contributed by atoms with Gasteiger partial charge in [-0.2, -0.15) is 0 Å². The maximum atomic E-state index is 5.69. The van der Waals surface area contributed by atoms with Crippen LogP contribution in [0.15, 0.2) is 23.6 Å². The maximum Gasteiger partial charge on any atom is 0.0957 e. The molecular weight excluding hydrogens is 174 g/mol. The molecule has 0 rings (SSSR count). The van der Waals surface area contributed by atoms with Crippen molar-refractivity contribution in [1.82, 2.24) is 0 Å². The van der Waals surface area contributed by atoms with Crippen LogP contribution in [0.3, 0.4) is 0 Å². The fourth-order valence-electron chi connectivity index (χ4n) is 0.933. The van der Waals surface area contributed by atoms with Crippen LogP contribution < -0.4 is 5.73 Å². The second-order valence-electron chi connectivity index (χ2n) is 3.28.